The van der Waals surface area contributed by atoms with E-state index >= 15 is 0 Å². The molecule has 1 rings (SSSR count). The molecule has 17 heavy (non-hydrogen) atoms. The Bertz CT molecular complexity index is 232. The van der Waals surface area contributed by atoms with Crippen LogP contribution in [0.2, 0.25) is 0 Å². The molecule has 1 aliphatic heterocycles. The van der Waals surface area contributed by atoms with E-state index in [9.17, 15) is 0 Å². The minimum absolute atomic E-state index is 0.304. The zero-order valence-electron chi connectivity index (χ0n) is 12.4. The van der Waals surface area contributed by atoms with Crippen molar-refractivity contribution >= 4 is 11.8 Å². The van der Waals surface area contributed by atoms with E-state index < -0.39 is 0 Å². The molecule has 0 aromatic rings. The number of hydrogen-bond acceptors (Lipinski definition) is 3. The van der Waals surface area contributed by atoms with Gasteiger partial charge in [0.1, 0.15) is 0 Å². The van der Waals surface area contributed by atoms with Crippen LogP contribution < -0.4 is 5.32 Å². The first-order chi connectivity index (χ1) is 7.93. The monoisotopic (exact) mass is 258 g/mol. The van der Waals surface area contributed by atoms with Crippen LogP contribution in [0.4, 0.5) is 0 Å². The van der Waals surface area contributed by atoms with Crippen LogP contribution >= 0.6 is 11.8 Å². The van der Waals surface area contributed by atoms with Crippen molar-refractivity contribution in [3.05, 3.63) is 0 Å². The molecule has 0 aromatic heterocycles. The molecule has 3 unspecified atom stereocenters. The number of rotatable bonds is 5. The Morgan fingerprint density at radius 2 is 2.06 bits per heavy atom. The van der Waals surface area contributed by atoms with E-state index in [4.69, 9.17) is 0 Å². The fourth-order valence-corrected chi connectivity index (χ4v) is 3.39. The smallest absolute Gasteiger partial charge is 0.0278 e. The summed E-state index contributed by atoms with van der Waals surface area (Å²) in [5.74, 6) is 1.97. The molecule has 0 saturated carbocycles. The highest BCUT2D eigenvalue weighted by molar-refractivity contribution is 7.98. The second-order valence-corrected chi connectivity index (χ2v) is 6.99. The van der Waals surface area contributed by atoms with Crippen molar-refractivity contribution in [2.45, 2.75) is 58.7 Å². The second kappa shape index (κ2) is 6.44. The largest absolute Gasteiger partial charge is 0.309 e. The third kappa shape index (κ3) is 3.87. The molecule has 3 atom stereocenters. The summed E-state index contributed by atoms with van der Waals surface area (Å²) in [7, 11) is 0. The molecule has 0 bridgehead atoms. The molecule has 102 valence electrons. The normalized spacial score (nSPS) is 33.0. The molecule has 0 radical (unpaired) electrons. The van der Waals surface area contributed by atoms with Crippen LogP contribution in [0.5, 0.6) is 0 Å². The van der Waals surface area contributed by atoms with Gasteiger partial charge >= 0.3 is 0 Å². The SMILES string of the molecule is CCC1(C)CN(C(C)CSC)C(C(C)C)CN1. The van der Waals surface area contributed by atoms with E-state index in [2.05, 4.69) is 51.1 Å². The number of piperazine rings is 1. The van der Waals surface area contributed by atoms with Gasteiger partial charge in [0.2, 0.25) is 0 Å². The summed E-state index contributed by atoms with van der Waals surface area (Å²) in [4.78, 5) is 2.74. The zero-order valence-corrected chi connectivity index (χ0v) is 13.2. The molecule has 0 aliphatic carbocycles. The third-order valence-electron chi connectivity index (χ3n) is 4.22. The van der Waals surface area contributed by atoms with E-state index in [1.807, 2.05) is 11.8 Å². The van der Waals surface area contributed by atoms with E-state index in [0.29, 0.717) is 17.6 Å². The summed E-state index contributed by atoms with van der Waals surface area (Å²) in [6.07, 6.45) is 3.42. The molecule has 1 aliphatic rings. The summed E-state index contributed by atoms with van der Waals surface area (Å²) >= 11 is 1.96. The Morgan fingerprint density at radius 3 is 2.53 bits per heavy atom. The average molecular weight is 258 g/mol. The lowest BCUT2D eigenvalue weighted by Crippen LogP contribution is -2.66. The molecule has 2 nitrogen and oxygen atoms in total. The van der Waals surface area contributed by atoms with E-state index in [1.165, 1.54) is 18.7 Å². The first-order valence-corrected chi connectivity index (χ1v) is 8.32. The van der Waals surface area contributed by atoms with Crippen molar-refractivity contribution in [3.63, 3.8) is 0 Å². The maximum atomic E-state index is 3.76. The Hall–Kier alpha value is 0.270. The first-order valence-electron chi connectivity index (χ1n) is 6.93. The van der Waals surface area contributed by atoms with Gasteiger partial charge in [0.15, 0.2) is 0 Å². The predicted octanol–water partition coefficient (Wildman–Crippen LogP) is 2.84. The highest BCUT2D eigenvalue weighted by Crippen LogP contribution is 2.25. The minimum atomic E-state index is 0.304. The molecule has 0 amide bonds. The lowest BCUT2D eigenvalue weighted by atomic mass is 9.89. The van der Waals surface area contributed by atoms with E-state index in [1.54, 1.807) is 0 Å². The Kier molecular flexibility index (Phi) is 5.81. The maximum Gasteiger partial charge on any atom is 0.0278 e. The Labute approximate surface area is 112 Å². The van der Waals surface area contributed by atoms with Crippen molar-refractivity contribution in [3.8, 4) is 0 Å². The lowest BCUT2D eigenvalue weighted by molar-refractivity contribution is 0.0374. The summed E-state index contributed by atoms with van der Waals surface area (Å²) in [5.41, 5.74) is 0.304. The molecular weight excluding hydrogens is 228 g/mol. The Morgan fingerprint density at radius 1 is 1.41 bits per heavy atom. The van der Waals surface area contributed by atoms with Crippen LogP contribution in [-0.4, -0.2) is 47.6 Å². The summed E-state index contributed by atoms with van der Waals surface area (Å²) in [6, 6.07) is 1.38. The minimum Gasteiger partial charge on any atom is -0.309 e. The first kappa shape index (κ1) is 15.3. The molecule has 1 heterocycles. The summed E-state index contributed by atoms with van der Waals surface area (Å²) in [6.45, 7) is 14.1. The highest BCUT2D eigenvalue weighted by atomic mass is 32.2. The van der Waals surface area contributed by atoms with Crippen molar-refractivity contribution < 1.29 is 0 Å². The van der Waals surface area contributed by atoms with Crippen LogP contribution in [-0.2, 0) is 0 Å². The zero-order chi connectivity index (χ0) is 13.1. The van der Waals surface area contributed by atoms with Gasteiger partial charge in [-0.05, 0) is 32.4 Å². The standard InChI is InChI=1S/C14H30N2S/c1-7-14(5)10-16(12(4)9-17-6)13(8-15-14)11(2)3/h11-13,15H,7-10H2,1-6H3. The number of hydrogen-bond donors (Lipinski definition) is 1. The highest BCUT2D eigenvalue weighted by Gasteiger charge is 2.37. The topological polar surface area (TPSA) is 15.3 Å². The quantitative estimate of drug-likeness (QED) is 0.816. The second-order valence-electron chi connectivity index (χ2n) is 6.08. The molecule has 1 N–H and O–H groups in total. The van der Waals surface area contributed by atoms with E-state index in [0.717, 1.165) is 12.5 Å². The van der Waals surface area contributed by atoms with Gasteiger partial charge in [0.25, 0.3) is 0 Å². The van der Waals surface area contributed by atoms with Gasteiger partial charge in [-0.1, -0.05) is 20.8 Å². The maximum absolute atomic E-state index is 3.76. The van der Waals surface area contributed by atoms with Crippen LogP contribution in [0, 0.1) is 5.92 Å². The fraction of sp³-hybridized carbons (Fsp3) is 1.00. The van der Waals surface area contributed by atoms with Crippen LogP contribution in [0.15, 0.2) is 0 Å². The predicted molar refractivity (Wildman–Crippen MR) is 79.9 cm³/mol. The van der Waals surface area contributed by atoms with Crippen LogP contribution in [0.1, 0.15) is 41.0 Å². The van der Waals surface area contributed by atoms with Gasteiger partial charge in [-0.2, -0.15) is 11.8 Å². The number of nitrogens with zero attached hydrogens (tertiary/aromatic N) is 1. The van der Waals surface area contributed by atoms with Gasteiger partial charge in [0.05, 0.1) is 0 Å². The molecule has 0 spiro atoms. The van der Waals surface area contributed by atoms with Gasteiger partial charge in [-0.25, -0.2) is 0 Å². The number of thioether (sulfide) groups is 1. The summed E-state index contributed by atoms with van der Waals surface area (Å²) < 4.78 is 0. The van der Waals surface area contributed by atoms with Crippen molar-refractivity contribution in [2.75, 3.05) is 25.1 Å². The molecule has 3 heteroatoms. The molecule has 1 saturated heterocycles. The molecular formula is C14H30N2S. The molecule has 1 fully saturated rings. The van der Waals surface area contributed by atoms with Crippen molar-refractivity contribution in [1.82, 2.24) is 10.2 Å². The van der Waals surface area contributed by atoms with Gasteiger partial charge < -0.3 is 5.32 Å². The number of nitrogens with one attached hydrogen (secondary N) is 1. The van der Waals surface area contributed by atoms with Gasteiger partial charge in [-0.15, -0.1) is 0 Å². The van der Waals surface area contributed by atoms with Crippen molar-refractivity contribution in [1.29, 1.82) is 0 Å². The average Bonchev–Trinajstić information content (AvgIpc) is 2.29. The molecule has 0 aromatic carbocycles. The van der Waals surface area contributed by atoms with Gasteiger partial charge in [-0.3, -0.25) is 4.90 Å². The van der Waals surface area contributed by atoms with Gasteiger partial charge in [0, 0.05) is 36.5 Å². The lowest BCUT2D eigenvalue weighted by Gasteiger charge is -2.50. The van der Waals surface area contributed by atoms with Crippen LogP contribution in [0.25, 0.3) is 0 Å². The Balaban J connectivity index is 2.75. The van der Waals surface area contributed by atoms with Crippen LogP contribution in [0.3, 0.4) is 0 Å². The summed E-state index contributed by atoms with van der Waals surface area (Å²) in [5, 5.41) is 3.76. The third-order valence-corrected chi connectivity index (χ3v) is 5.04. The fourth-order valence-electron chi connectivity index (χ4n) is 2.72. The van der Waals surface area contributed by atoms with Crippen molar-refractivity contribution in [2.24, 2.45) is 5.92 Å². The van der Waals surface area contributed by atoms with E-state index in [-0.39, 0.29) is 0 Å².